The quantitative estimate of drug-likeness (QED) is 0.843. The number of carbonyl (C=O) groups is 2. The number of hydrogen-bond donors (Lipinski definition) is 1. The van der Waals surface area contributed by atoms with Crippen LogP contribution in [0.15, 0.2) is 30.3 Å². The summed E-state index contributed by atoms with van der Waals surface area (Å²) in [5, 5.41) is 9.03. The predicted molar refractivity (Wildman–Crippen MR) is 73.8 cm³/mol. The number of carbonyl (C=O) groups excluding carboxylic acids is 1. The van der Waals surface area contributed by atoms with Gasteiger partial charge in [-0.2, -0.15) is 0 Å². The summed E-state index contributed by atoms with van der Waals surface area (Å²) >= 11 is 0. The first-order valence-electron chi connectivity index (χ1n) is 6.48. The van der Waals surface area contributed by atoms with Crippen molar-refractivity contribution in [2.24, 2.45) is 0 Å². The molecule has 0 spiro atoms. The van der Waals surface area contributed by atoms with Gasteiger partial charge >= 0.3 is 12.1 Å². The number of hydrogen-bond acceptors (Lipinski definition) is 4. The highest BCUT2D eigenvalue weighted by Gasteiger charge is 2.31. The van der Waals surface area contributed by atoms with Gasteiger partial charge in [0.15, 0.2) is 0 Å². The van der Waals surface area contributed by atoms with Crippen molar-refractivity contribution in [2.45, 2.75) is 12.5 Å². The van der Waals surface area contributed by atoms with Crippen LogP contribution in [0.2, 0.25) is 0 Å². The maximum atomic E-state index is 11.6. The number of carboxylic acid groups (broad SMARTS) is 1. The van der Waals surface area contributed by atoms with Crippen LogP contribution in [0.1, 0.15) is 6.42 Å². The molecule has 1 aliphatic rings. The maximum absolute atomic E-state index is 11.6. The Morgan fingerprint density at radius 2 is 2.10 bits per heavy atom. The van der Waals surface area contributed by atoms with Crippen LogP contribution in [-0.2, 0) is 9.53 Å². The number of nitrogens with zero attached hydrogens (tertiary/aromatic N) is 2. The number of amides is 1. The maximum Gasteiger partial charge on any atom is 0.407 e. The van der Waals surface area contributed by atoms with Crippen molar-refractivity contribution >= 4 is 17.7 Å². The van der Waals surface area contributed by atoms with Crippen molar-refractivity contribution in [3.63, 3.8) is 0 Å². The molecule has 1 aromatic rings. The van der Waals surface area contributed by atoms with Crippen molar-refractivity contribution < 1.29 is 19.4 Å². The third-order valence-electron chi connectivity index (χ3n) is 3.49. The number of esters is 1. The van der Waals surface area contributed by atoms with Gasteiger partial charge in [0.05, 0.1) is 7.11 Å². The van der Waals surface area contributed by atoms with E-state index in [9.17, 15) is 9.59 Å². The number of para-hydroxylation sites is 1. The summed E-state index contributed by atoms with van der Waals surface area (Å²) in [7, 11) is 1.35. The summed E-state index contributed by atoms with van der Waals surface area (Å²) in [6.45, 7) is 1.02. The smallest absolute Gasteiger partial charge is 0.407 e. The highest BCUT2D eigenvalue weighted by molar-refractivity contribution is 5.76. The molecule has 0 saturated carbocycles. The van der Waals surface area contributed by atoms with E-state index in [0.29, 0.717) is 19.5 Å². The van der Waals surface area contributed by atoms with Crippen molar-refractivity contribution in [3.05, 3.63) is 30.3 Å². The second-order valence-corrected chi connectivity index (χ2v) is 4.71. The zero-order valence-corrected chi connectivity index (χ0v) is 11.4. The third-order valence-corrected chi connectivity index (χ3v) is 3.49. The van der Waals surface area contributed by atoms with Crippen molar-refractivity contribution in [2.75, 3.05) is 31.6 Å². The van der Waals surface area contributed by atoms with Gasteiger partial charge in [-0.1, -0.05) is 18.2 Å². The van der Waals surface area contributed by atoms with Gasteiger partial charge in [0.25, 0.3) is 0 Å². The Hall–Kier alpha value is -2.24. The average Bonchev–Trinajstić information content (AvgIpc) is 2.95. The molecule has 1 fully saturated rings. The first kappa shape index (κ1) is 14.2. The van der Waals surface area contributed by atoms with E-state index in [-0.39, 0.29) is 18.6 Å². The predicted octanol–water partition coefficient (Wildman–Crippen LogP) is 1.42. The molecule has 1 atom stereocenters. The second-order valence-electron chi connectivity index (χ2n) is 4.71. The Kier molecular flexibility index (Phi) is 4.45. The van der Waals surface area contributed by atoms with Crippen LogP contribution in [0.4, 0.5) is 10.5 Å². The Bertz CT molecular complexity index is 477. The molecule has 1 N–H and O–H groups in total. The molecule has 20 heavy (non-hydrogen) atoms. The molecule has 0 aliphatic carbocycles. The number of benzene rings is 1. The fourth-order valence-electron chi connectivity index (χ4n) is 2.42. The zero-order valence-electron chi connectivity index (χ0n) is 11.4. The first-order chi connectivity index (χ1) is 9.61. The van der Waals surface area contributed by atoms with Gasteiger partial charge in [-0.15, -0.1) is 0 Å². The lowest BCUT2D eigenvalue weighted by molar-refractivity contribution is -0.139. The molecular formula is C14H18N2O4. The van der Waals surface area contributed by atoms with Gasteiger partial charge in [-0.25, -0.2) is 4.79 Å². The van der Waals surface area contributed by atoms with Crippen molar-refractivity contribution in [1.82, 2.24) is 4.90 Å². The highest BCUT2D eigenvalue weighted by Crippen LogP contribution is 2.23. The average molecular weight is 278 g/mol. The van der Waals surface area contributed by atoms with Gasteiger partial charge in [0.2, 0.25) is 0 Å². The van der Waals surface area contributed by atoms with E-state index in [1.54, 1.807) is 0 Å². The number of likely N-dealkylation sites (tertiary alicyclic amines) is 1. The Morgan fingerprint density at radius 1 is 1.40 bits per heavy atom. The van der Waals surface area contributed by atoms with Crippen molar-refractivity contribution in [3.8, 4) is 0 Å². The summed E-state index contributed by atoms with van der Waals surface area (Å²) in [6, 6.07) is 9.50. The number of rotatable bonds is 4. The largest absolute Gasteiger partial charge is 0.468 e. The lowest BCUT2D eigenvalue weighted by atomic mass is 10.2. The SMILES string of the molecule is COC(=O)CN(c1ccccc1)C1CCN(C(=O)O)C1. The second kappa shape index (κ2) is 6.27. The highest BCUT2D eigenvalue weighted by atomic mass is 16.5. The number of methoxy groups -OCH3 is 1. The summed E-state index contributed by atoms with van der Waals surface area (Å²) in [4.78, 5) is 25.9. The van der Waals surface area contributed by atoms with Gasteiger partial charge in [-0.3, -0.25) is 4.79 Å². The molecule has 1 aromatic carbocycles. The van der Waals surface area contributed by atoms with Gasteiger partial charge in [0.1, 0.15) is 6.54 Å². The number of anilines is 1. The summed E-state index contributed by atoms with van der Waals surface area (Å²) in [5.74, 6) is -0.331. The fraction of sp³-hybridized carbons (Fsp3) is 0.429. The zero-order chi connectivity index (χ0) is 14.5. The van der Waals surface area contributed by atoms with Crippen LogP contribution in [0.25, 0.3) is 0 Å². The molecule has 108 valence electrons. The van der Waals surface area contributed by atoms with Crippen LogP contribution >= 0.6 is 0 Å². The molecule has 1 saturated heterocycles. The molecule has 0 aromatic heterocycles. The molecule has 1 aliphatic heterocycles. The van der Waals surface area contributed by atoms with E-state index < -0.39 is 6.09 Å². The molecule has 1 unspecified atom stereocenters. The Balaban J connectivity index is 2.15. The molecular weight excluding hydrogens is 260 g/mol. The molecule has 6 nitrogen and oxygen atoms in total. The lowest BCUT2D eigenvalue weighted by Crippen LogP contribution is -2.42. The van der Waals surface area contributed by atoms with Gasteiger partial charge < -0.3 is 19.6 Å². The van der Waals surface area contributed by atoms with Crippen LogP contribution in [0, 0.1) is 0 Å². The van der Waals surface area contributed by atoms with E-state index in [1.165, 1.54) is 12.0 Å². The summed E-state index contributed by atoms with van der Waals surface area (Å²) in [6.07, 6.45) is -0.211. The molecule has 1 amide bonds. The molecule has 2 rings (SSSR count). The molecule has 0 radical (unpaired) electrons. The lowest BCUT2D eigenvalue weighted by Gasteiger charge is -2.29. The molecule has 6 heteroatoms. The minimum absolute atomic E-state index is 0.00685. The van der Waals surface area contributed by atoms with Crippen LogP contribution in [0.3, 0.4) is 0 Å². The molecule has 0 bridgehead atoms. The van der Waals surface area contributed by atoms with Crippen LogP contribution in [-0.4, -0.2) is 54.9 Å². The fourth-order valence-corrected chi connectivity index (χ4v) is 2.42. The standard InChI is InChI=1S/C14H18N2O4/c1-20-13(17)10-16(11-5-3-2-4-6-11)12-7-8-15(9-12)14(18)19/h2-6,12H,7-10H2,1H3,(H,18,19). The van der Waals surface area contributed by atoms with Crippen LogP contribution in [0.5, 0.6) is 0 Å². The normalized spacial score (nSPS) is 17.9. The van der Waals surface area contributed by atoms with E-state index in [1.807, 2.05) is 35.2 Å². The third kappa shape index (κ3) is 3.20. The minimum Gasteiger partial charge on any atom is -0.468 e. The van der Waals surface area contributed by atoms with E-state index >= 15 is 0 Å². The molecule has 1 heterocycles. The number of ether oxygens (including phenoxy) is 1. The minimum atomic E-state index is -0.918. The topological polar surface area (TPSA) is 70.1 Å². The van der Waals surface area contributed by atoms with Gasteiger partial charge in [0, 0.05) is 24.8 Å². The van der Waals surface area contributed by atoms with E-state index in [2.05, 4.69) is 0 Å². The summed E-state index contributed by atoms with van der Waals surface area (Å²) in [5.41, 5.74) is 0.898. The summed E-state index contributed by atoms with van der Waals surface area (Å²) < 4.78 is 4.73. The monoisotopic (exact) mass is 278 g/mol. The Labute approximate surface area is 117 Å². The van der Waals surface area contributed by atoms with E-state index in [4.69, 9.17) is 9.84 Å². The first-order valence-corrected chi connectivity index (χ1v) is 6.48. The van der Waals surface area contributed by atoms with Crippen molar-refractivity contribution in [1.29, 1.82) is 0 Å². The van der Waals surface area contributed by atoms with E-state index in [0.717, 1.165) is 5.69 Å². The van der Waals surface area contributed by atoms with Gasteiger partial charge in [-0.05, 0) is 18.6 Å². The Morgan fingerprint density at radius 3 is 2.65 bits per heavy atom. The van der Waals surface area contributed by atoms with Crippen LogP contribution < -0.4 is 4.90 Å².